The van der Waals surface area contributed by atoms with Crippen LogP contribution in [0.25, 0.3) is 0 Å². The molecule has 0 unspecified atom stereocenters. The molecule has 2 heterocycles. The molecule has 0 amide bonds. The minimum absolute atomic E-state index is 0.733. The number of aromatic nitrogens is 2. The van der Waals surface area contributed by atoms with Gasteiger partial charge in [-0.05, 0) is 25.8 Å². The Morgan fingerprint density at radius 3 is 2.94 bits per heavy atom. The number of hydrogen-bond donors (Lipinski definition) is 1. The van der Waals surface area contributed by atoms with E-state index in [9.17, 15) is 0 Å². The predicted octanol–water partition coefficient (Wildman–Crippen LogP) is 1.77. The number of hydrogen-bond acceptors (Lipinski definition) is 3. The van der Waals surface area contributed by atoms with Gasteiger partial charge in [0.05, 0.1) is 5.69 Å². The first-order chi connectivity index (χ1) is 7.70. The number of nitrogens with two attached hydrogens (primary N) is 1. The maximum atomic E-state index is 5.79. The Balaban J connectivity index is 2.02. The highest BCUT2D eigenvalue weighted by atomic mass is 15.3. The van der Waals surface area contributed by atoms with Gasteiger partial charge in [-0.25, -0.2) is 0 Å². The average Bonchev–Trinajstić information content (AvgIpc) is 2.59. The summed E-state index contributed by atoms with van der Waals surface area (Å²) in [4.78, 5) is 2.55. The molecule has 1 aliphatic heterocycles. The van der Waals surface area contributed by atoms with Crippen LogP contribution in [-0.2, 0) is 13.6 Å². The summed E-state index contributed by atoms with van der Waals surface area (Å²) in [5.41, 5.74) is 6.89. The van der Waals surface area contributed by atoms with Crippen LogP contribution in [0, 0.1) is 0 Å². The Hall–Kier alpha value is -1.03. The van der Waals surface area contributed by atoms with E-state index in [1.54, 1.807) is 4.68 Å². The van der Waals surface area contributed by atoms with Crippen LogP contribution in [0.5, 0.6) is 0 Å². The standard InChI is InChI=1S/C12H22N4/c1-3-11-6-4-5-7-16(11)9-10-8-12(13)15(2)14-10/h8,11H,3-7,9,13H2,1-2H3/t11-/m1/s1. The topological polar surface area (TPSA) is 47.1 Å². The zero-order valence-electron chi connectivity index (χ0n) is 10.3. The van der Waals surface area contributed by atoms with Crippen molar-refractivity contribution in [3.8, 4) is 0 Å². The molecule has 0 spiro atoms. The lowest BCUT2D eigenvalue weighted by atomic mass is 10.00. The zero-order valence-corrected chi connectivity index (χ0v) is 10.3. The number of nitrogen functional groups attached to an aromatic ring is 1. The Bertz CT molecular complexity index is 325. The van der Waals surface area contributed by atoms with Gasteiger partial charge in [0.2, 0.25) is 0 Å². The van der Waals surface area contributed by atoms with Crippen molar-refractivity contribution in [1.29, 1.82) is 0 Å². The molecule has 0 bridgehead atoms. The van der Waals surface area contributed by atoms with Gasteiger partial charge in [0.15, 0.2) is 0 Å². The van der Waals surface area contributed by atoms with Gasteiger partial charge in [0.1, 0.15) is 5.82 Å². The Morgan fingerprint density at radius 2 is 2.31 bits per heavy atom. The van der Waals surface area contributed by atoms with Crippen molar-refractivity contribution in [3.63, 3.8) is 0 Å². The normalized spacial score (nSPS) is 22.5. The summed E-state index contributed by atoms with van der Waals surface area (Å²) in [5.74, 6) is 0.750. The second kappa shape index (κ2) is 4.87. The lowest BCUT2D eigenvalue weighted by Crippen LogP contribution is -2.38. The van der Waals surface area contributed by atoms with Crippen molar-refractivity contribution in [1.82, 2.24) is 14.7 Å². The molecule has 1 aromatic rings. The van der Waals surface area contributed by atoms with E-state index < -0.39 is 0 Å². The fraction of sp³-hybridized carbons (Fsp3) is 0.750. The number of rotatable bonds is 3. The Kier molecular flexibility index (Phi) is 3.49. The molecule has 1 fully saturated rings. The highest BCUT2D eigenvalue weighted by molar-refractivity contribution is 5.30. The van der Waals surface area contributed by atoms with Gasteiger partial charge in [-0.1, -0.05) is 13.3 Å². The van der Waals surface area contributed by atoms with Crippen LogP contribution in [0.3, 0.4) is 0 Å². The summed E-state index contributed by atoms with van der Waals surface area (Å²) >= 11 is 0. The van der Waals surface area contributed by atoms with Crippen LogP contribution in [0.2, 0.25) is 0 Å². The van der Waals surface area contributed by atoms with E-state index in [4.69, 9.17) is 5.73 Å². The van der Waals surface area contributed by atoms with Gasteiger partial charge in [0, 0.05) is 25.7 Å². The van der Waals surface area contributed by atoms with E-state index in [-0.39, 0.29) is 0 Å². The minimum atomic E-state index is 0.733. The lowest BCUT2D eigenvalue weighted by molar-refractivity contribution is 0.134. The van der Waals surface area contributed by atoms with Gasteiger partial charge in [-0.3, -0.25) is 9.58 Å². The van der Waals surface area contributed by atoms with Crippen molar-refractivity contribution < 1.29 is 0 Å². The second-order valence-corrected chi connectivity index (χ2v) is 4.71. The average molecular weight is 222 g/mol. The van der Waals surface area contributed by atoms with Crippen LogP contribution < -0.4 is 5.73 Å². The highest BCUT2D eigenvalue weighted by Crippen LogP contribution is 2.21. The molecule has 0 radical (unpaired) electrons. The van der Waals surface area contributed by atoms with E-state index in [0.717, 1.165) is 24.1 Å². The first kappa shape index (κ1) is 11.5. The first-order valence-corrected chi connectivity index (χ1v) is 6.23. The molecular weight excluding hydrogens is 200 g/mol. The van der Waals surface area contributed by atoms with Gasteiger partial charge in [-0.2, -0.15) is 5.10 Å². The van der Waals surface area contributed by atoms with E-state index >= 15 is 0 Å². The molecule has 4 heteroatoms. The van der Waals surface area contributed by atoms with Crippen LogP contribution in [0.4, 0.5) is 5.82 Å². The molecule has 0 aliphatic carbocycles. The number of likely N-dealkylation sites (tertiary alicyclic amines) is 1. The summed E-state index contributed by atoms with van der Waals surface area (Å²) in [6.45, 7) is 4.42. The number of nitrogens with zero attached hydrogens (tertiary/aromatic N) is 3. The van der Waals surface area contributed by atoms with Gasteiger partial charge in [-0.15, -0.1) is 0 Å². The largest absolute Gasteiger partial charge is 0.384 e. The zero-order chi connectivity index (χ0) is 11.5. The highest BCUT2D eigenvalue weighted by Gasteiger charge is 2.21. The van der Waals surface area contributed by atoms with Crippen molar-refractivity contribution in [3.05, 3.63) is 11.8 Å². The molecule has 1 atom stereocenters. The molecule has 16 heavy (non-hydrogen) atoms. The Labute approximate surface area is 97.4 Å². The van der Waals surface area contributed by atoms with Crippen LogP contribution >= 0.6 is 0 Å². The first-order valence-electron chi connectivity index (χ1n) is 6.23. The van der Waals surface area contributed by atoms with Crippen LogP contribution in [-0.4, -0.2) is 27.3 Å². The molecule has 1 aromatic heterocycles. The minimum Gasteiger partial charge on any atom is -0.384 e. The summed E-state index contributed by atoms with van der Waals surface area (Å²) in [6, 6.07) is 2.72. The summed E-state index contributed by atoms with van der Waals surface area (Å²) in [7, 11) is 1.90. The van der Waals surface area contributed by atoms with Crippen molar-refractivity contribution in [2.24, 2.45) is 7.05 Å². The molecule has 4 nitrogen and oxygen atoms in total. The smallest absolute Gasteiger partial charge is 0.121 e. The molecule has 0 saturated carbocycles. The van der Waals surface area contributed by atoms with Gasteiger partial charge >= 0.3 is 0 Å². The van der Waals surface area contributed by atoms with Gasteiger partial charge in [0.25, 0.3) is 0 Å². The van der Waals surface area contributed by atoms with E-state index in [1.165, 1.54) is 32.2 Å². The molecule has 1 saturated heterocycles. The third-order valence-electron chi connectivity index (χ3n) is 3.55. The number of anilines is 1. The number of aryl methyl sites for hydroxylation is 1. The quantitative estimate of drug-likeness (QED) is 0.848. The third kappa shape index (κ3) is 2.38. The van der Waals surface area contributed by atoms with Crippen molar-refractivity contribution >= 4 is 5.82 Å². The maximum Gasteiger partial charge on any atom is 0.121 e. The lowest BCUT2D eigenvalue weighted by Gasteiger charge is -2.34. The van der Waals surface area contributed by atoms with E-state index in [0.29, 0.717) is 0 Å². The molecule has 2 rings (SSSR count). The van der Waals surface area contributed by atoms with Crippen molar-refractivity contribution in [2.45, 2.75) is 45.2 Å². The molecule has 2 N–H and O–H groups in total. The maximum absolute atomic E-state index is 5.79. The van der Waals surface area contributed by atoms with Gasteiger partial charge < -0.3 is 5.73 Å². The van der Waals surface area contributed by atoms with E-state index in [1.807, 2.05) is 13.1 Å². The Morgan fingerprint density at radius 1 is 1.50 bits per heavy atom. The van der Waals surface area contributed by atoms with E-state index in [2.05, 4.69) is 16.9 Å². The monoisotopic (exact) mass is 222 g/mol. The van der Waals surface area contributed by atoms with Crippen LogP contribution in [0.1, 0.15) is 38.3 Å². The summed E-state index contributed by atoms with van der Waals surface area (Å²) in [6.07, 6.45) is 5.26. The summed E-state index contributed by atoms with van der Waals surface area (Å²) < 4.78 is 1.75. The summed E-state index contributed by atoms with van der Waals surface area (Å²) in [5, 5.41) is 4.42. The second-order valence-electron chi connectivity index (χ2n) is 4.71. The van der Waals surface area contributed by atoms with Crippen molar-refractivity contribution in [2.75, 3.05) is 12.3 Å². The van der Waals surface area contributed by atoms with Crippen LogP contribution in [0.15, 0.2) is 6.07 Å². The SMILES string of the molecule is CC[C@@H]1CCCCN1Cc1cc(N)n(C)n1. The predicted molar refractivity (Wildman–Crippen MR) is 66.0 cm³/mol. The molecular formula is C12H22N4. The molecule has 1 aliphatic rings. The fourth-order valence-electron chi connectivity index (χ4n) is 2.56. The molecule has 0 aromatic carbocycles. The number of piperidine rings is 1. The molecule has 90 valence electrons. The third-order valence-corrected chi connectivity index (χ3v) is 3.55. The fourth-order valence-corrected chi connectivity index (χ4v) is 2.56.